The molecule has 1 aromatic rings. The van der Waals surface area contributed by atoms with Crippen molar-refractivity contribution in [3.05, 3.63) is 25.1 Å². The van der Waals surface area contributed by atoms with Gasteiger partial charge < -0.3 is 5.32 Å². The van der Waals surface area contributed by atoms with Gasteiger partial charge in [0, 0.05) is 0 Å². The van der Waals surface area contributed by atoms with Crippen LogP contribution in [0.4, 0.5) is 5.69 Å². The average molecular weight is 348 g/mol. The highest BCUT2D eigenvalue weighted by molar-refractivity contribution is 9.11. The Bertz CT molecular complexity index is 357. The summed E-state index contributed by atoms with van der Waals surface area (Å²) in [5, 5.41) is 3.34. The monoisotopic (exact) mass is 345 g/mol. The van der Waals surface area contributed by atoms with Gasteiger partial charge in [-0.2, -0.15) is 0 Å². The van der Waals surface area contributed by atoms with Crippen LogP contribution in [0.15, 0.2) is 15.0 Å². The molecular weight excluding hydrogens is 345 g/mol. The lowest BCUT2D eigenvalue weighted by Crippen LogP contribution is -1.95. The molecule has 6 heteroatoms. The maximum atomic E-state index is 10.2. The smallest absolute Gasteiger partial charge is 0.211 e. The van der Waals surface area contributed by atoms with Crippen LogP contribution in [0, 0.1) is 0 Å². The maximum Gasteiger partial charge on any atom is 0.211 e. The van der Waals surface area contributed by atoms with Crippen LogP contribution in [0.5, 0.6) is 0 Å². The molecule has 0 aliphatic rings. The second-order valence-electron chi connectivity index (χ2n) is 2.11. The maximum absolute atomic E-state index is 10.2. The molecule has 0 saturated carbocycles. The number of benzene rings is 1. The quantitative estimate of drug-likeness (QED) is 0.487. The molecule has 0 heterocycles. The fourth-order valence-electron chi connectivity index (χ4n) is 0.741. The van der Waals surface area contributed by atoms with Crippen LogP contribution in [0.1, 0.15) is 0 Å². The number of hydrogen-bond acceptors (Lipinski definition) is 1. The van der Waals surface area contributed by atoms with E-state index < -0.39 is 0 Å². The highest BCUT2D eigenvalue weighted by Gasteiger charge is 2.11. The van der Waals surface area contributed by atoms with Crippen LogP contribution in [0.2, 0.25) is 10.0 Å². The molecule has 0 saturated heterocycles. The fourth-order valence-corrected chi connectivity index (χ4v) is 2.20. The van der Waals surface area contributed by atoms with E-state index in [4.69, 9.17) is 23.2 Å². The van der Waals surface area contributed by atoms with E-state index in [0.717, 1.165) is 0 Å². The van der Waals surface area contributed by atoms with Crippen LogP contribution in [-0.2, 0) is 4.79 Å². The number of carbonyl (C=O) groups excluding carboxylic acids is 1. The molecule has 70 valence electrons. The Morgan fingerprint density at radius 2 is 1.92 bits per heavy atom. The van der Waals surface area contributed by atoms with E-state index in [9.17, 15) is 4.79 Å². The zero-order valence-electron chi connectivity index (χ0n) is 6.07. The van der Waals surface area contributed by atoms with E-state index in [0.29, 0.717) is 31.1 Å². The highest BCUT2D eigenvalue weighted by atomic mass is 79.9. The molecule has 0 atom stereocenters. The van der Waals surface area contributed by atoms with Crippen LogP contribution in [-0.4, -0.2) is 6.41 Å². The molecule has 2 nitrogen and oxygen atoms in total. The van der Waals surface area contributed by atoms with E-state index >= 15 is 0 Å². The molecule has 0 aromatic heterocycles. The van der Waals surface area contributed by atoms with Crippen molar-refractivity contribution in [1.82, 2.24) is 0 Å². The lowest BCUT2D eigenvalue weighted by atomic mass is 10.3. The Kier molecular flexibility index (Phi) is 4.04. The molecule has 1 rings (SSSR count). The molecular formula is C7H3Br2Cl2NO. The SMILES string of the molecule is O=CNc1cc(Cl)c(Br)c(Cl)c1Br. The summed E-state index contributed by atoms with van der Waals surface area (Å²) in [5.41, 5.74) is 0.535. The van der Waals surface area contributed by atoms with Gasteiger partial charge in [-0.1, -0.05) is 23.2 Å². The van der Waals surface area contributed by atoms with Crippen molar-refractivity contribution in [2.45, 2.75) is 0 Å². The third kappa shape index (κ3) is 2.37. The number of anilines is 1. The summed E-state index contributed by atoms with van der Waals surface area (Å²) in [6.07, 6.45) is 0.556. The lowest BCUT2D eigenvalue weighted by molar-refractivity contribution is -0.105. The zero-order chi connectivity index (χ0) is 10.0. The van der Waals surface area contributed by atoms with Gasteiger partial charge >= 0.3 is 0 Å². The van der Waals surface area contributed by atoms with Crippen molar-refractivity contribution in [1.29, 1.82) is 0 Å². The standard InChI is InChI=1S/C7H3Br2Cl2NO/c8-5-3(10)1-4(12-2-13)6(9)7(5)11/h1-2H,(H,12,13). The van der Waals surface area contributed by atoms with Crippen molar-refractivity contribution >= 4 is 67.2 Å². The molecule has 1 N–H and O–H groups in total. The number of nitrogens with one attached hydrogen (secondary N) is 1. The van der Waals surface area contributed by atoms with Crippen molar-refractivity contribution in [3.8, 4) is 0 Å². The van der Waals surface area contributed by atoms with Crippen molar-refractivity contribution in [2.75, 3.05) is 5.32 Å². The summed E-state index contributed by atoms with van der Waals surface area (Å²) in [7, 11) is 0. The molecule has 0 fully saturated rings. The highest BCUT2D eigenvalue weighted by Crippen LogP contribution is 2.40. The second kappa shape index (κ2) is 4.64. The van der Waals surface area contributed by atoms with E-state index in [-0.39, 0.29) is 0 Å². The molecule has 0 bridgehead atoms. The third-order valence-corrected chi connectivity index (χ3v) is 4.33. The zero-order valence-corrected chi connectivity index (χ0v) is 10.8. The summed E-state index contributed by atoms with van der Waals surface area (Å²) >= 11 is 18.1. The lowest BCUT2D eigenvalue weighted by Gasteiger charge is -2.07. The number of hydrogen-bond donors (Lipinski definition) is 1. The van der Waals surface area contributed by atoms with Gasteiger partial charge in [-0.15, -0.1) is 0 Å². The minimum absolute atomic E-state index is 0.428. The van der Waals surface area contributed by atoms with E-state index in [1.807, 2.05) is 0 Å². The van der Waals surface area contributed by atoms with Crippen molar-refractivity contribution < 1.29 is 4.79 Å². The Hall–Kier alpha value is 0.230. The van der Waals surface area contributed by atoms with Crippen molar-refractivity contribution in [3.63, 3.8) is 0 Å². The van der Waals surface area contributed by atoms with Crippen LogP contribution < -0.4 is 5.32 Å². The Morgan fingerprint density at radius 1 is 1.31 bits per heavy atom. The van der Waals surface area contributed by atoms with Gasteiger partial charge in [-0.3, -0.25) is 4.79 Å². The molecule has 0 spiro atoms. The van der Waals surface area contributed by atoms with Crippen LogP contribution in [0.3, 0.4) is 0 Å². The fraction of sp³-hybridized carbons (Fsp3) is 0. The third-order valence-electron chi connectivity index (χ3n) is 1.32. The molecule has 13 heavy (non-hydrogen) atoms. The van der Waals surface area contributed by atoms with Crippen molar-refractivity contribution in [2.24, 2.45) is 0 Å². The predicted octanol–water partition coefficient (Wildman–Crippen LogP) is 4.09. The molecule has 1 amide bonds. The summed E-state index contributed by atoms with van der Waals surface area (Å²) in [4.78, 5) is 10.2. The minimum atomic E-state index is 0.428. The molecule has 0 aliphatic carbocycles. The minimum Gasteiger partial charge on any atom is -0.328 e. The van der Waals surface area contributed by atoms with Gasteiger partial charge in [0.2, 0.25) is 6.41 Å². The van der Waals surface area contributed by atoms with Gasteiger partial charge in [-0.25, -0.2) is 0 Å². The van der Waals surface area contributed by atoms with Gasteiger partial charge in [0.05, 0.1) is 24.7 Å². The second-order valence-corrected chi connectivity index (χ2v) is 4.48. The Morgan fingerprint density at radius 3 is 2.46 bits per heavy atom. The topological polar surface area (TPSA) is 29.1 Å². The largest absolute Gasteiger partial charge is 0.328 e. The van der Waals surface area contributed by atoms with E-state index in [2.05, 4.69) is 37.2 Å². The molecule has 1 aromatic carbocycles. The Labute approximate surface area is 102 Å². The first kappa shape index (κ1) is 11.3. The van der Waals surface area contributed by atoms with E-state index in [1.54, 1.807) is 6.07 Å². The van der Waals surface area contributed by atoms with Gasteiger partial charge in [0.1, 0.15) is 0 Å². The predicted molar refractivity (Wildman–Crippen MR) is 61.5 cm³/mol. The molecule has 0 aliphatic heterocycles. The summed E-state index contributed by atoms with van der Waals surface area (Å²) in [5.74, 6) is 0. The first-order valence-electron chi connectivity index (χ1n) is 3.11. The Balaban J connectivity index is 3.31. The van der Waals surface area contributed by atoms with Gasteiger partial charge in [0.25, 0.3) is 0 Å². The van der Waals surface area contributed by atoms with Crippen LogP contribution in [0.25, 0.3) is 0 Å². The average Bonchev–Trinajstić information content (AvgIpc) is 2.11. The molecule has 0 radical (unpaired) electrons. The number of amides is 1. The molecule has 0 unspecified atom stereocenters. The first-order chi connectivity index (χ1) is 6.07. The number of carbonyl (C=O) groups is 1. The normalized spacial score (nSPS) is 9.85. The summed E-state index contributed by atoms with van der Waals surface area (Å²) in [6, 6.07) is 1.59. The van der Waals surface area contributed by atoms with Gasteiger partial charge in [0.15, 0.2) is 0 Å². The van der Waals surface area contributed by atoms with E-state index in [1.165, 1.54) is 0 Å². The summed E-state index contributed by atoms with van der Waals surface area (Å²) < 4.78 is 1.19. The van der Waals surface area contributed by atoms with Gasteiger partial charge in [-0.05, 0) is 37.9 Å². The van der Waals surface area contributed by atoms with Crippen LogP contribution >= 0.6 is 55.1 Å². The number of halogens is 4. The number of rotatable bonds is 2. The summed E-state index contributed by atoms with van der Waals surface area (Å²) in [6.45, 7) is 0. The first-order valence-corrected chi connectivity index (χ1v) is 5.45.